The monoisotopic (exact) mass is 262 g/mol. The third-order valence-electron chi connectivity index (χ3n) is 3.59. The van der Waals surface area contributed by atoms with Crippen molar-refractivity contribution in [2.75, 3.05) is 26.7 Å². The van der Waals surface area contributed by atoms with Crippen LogP contribution in [-0.2, 0) is 11.3 Å². The zero-order chi connectivity index (χ0) is 13.2. The summed E-state index contributed by atoms with van der Waals surface area (Å²) in [6.07, 6.45) is 3.09. The molecule has 1 aromatic heterocycles. The van der Waals surface area contributed by atoms with Crippen LogP contribution in [0.15, 0.2) is 11.1 Å². The van der Waals surface area contributed by atoms with Gasteiger partial charge >= 0.3 is 0 Å². The number of hydrogen-bond acceptors (Lipinski definition) is 4. The lowest BCUT2D eigenvalue weighted by Crippen LogP contribution is -2.28. The topological polar surface area (TPSA) is 59.7 Å². The number of carbonyl (C=O) groups is 1. The Bertz CT molecular complexity index is 515. The van der Waals surface area contributed by atoms with Crippen molar-refractivity contribution < 1.29 is 9.53 Å². The van der Waals surface area contributed by atoms with E-state index in [9.17, 15) is 4.79 Å². The van der Waals surface area contributed by atoms with Crippen LogP contribution in [0.3, 0.4) is 0 Å². The molecule has 0 aromatic carbocycles. The quantitative estimate of drug-likeness (QED) is 0.756. The fourth-order valence-electron chi connectivity index (χ4n) is 2.60. The molecule has 0 radical (unpaired) electrons. The lowest BCUT2D eigenvalue weighted by atomic mass is 10.3. The molecular weight excluding hydrogens is 244 g/mol. The molecule has 3 heterocycles. The van der Waals surface area contributed by atoms with E-state index in [4.69, 9.17) is 4.74 Å². The molecule has 0 N–H and O–H groups in total. The first-order valence-electron chi connectivity index (χ1n) is 6.75. The van der Waals surface area contributed by atoms with E-state index in [0.29, 0.717) is 11.6 Å². The van der Waals surface area contributed by atoms with Crippen molar-refractivity contribution in [3.05, 3.63) is 17.5 Å². The average Bonchev–Trinajstić information content (AvgIpc) is 3.05. The summed E-state index contributed by atoms with van der Waals surface area (Å²) in [5.41, 5.74) is 1.31. The summed E-state index contributed by atoms with van der Waals surface area (Å²) in [4.78, 5) is 18.5. The molecule has 1 aromatic rings. The van der Waals surface area contributed by atoms with Crippen LogP contribution in [0.25, 0.3) is 0 Å². The second-order valence-electron chi connectivity index (χ2n) is 4.88. The molecule has 1 saturated heterocycles. The second-order valence-corrected chi connectivity index (χ2v) is 4.88. The number of aryl methyl sites for hydroxylation is 1. The maximum absolute atomic E-state index is 12.3. The van der Waals surface area contributed by atoms with Crippen LogP contribution in [-0.4, -0.2) is 53.2 Å². The number of ether oxygens (including phenoxy) is 1. The normalized spacial score (nSPS) is 18.8. The summed E-state index contributed by atoms with van der Waals surface area (Å²) in [6, 6.07) is 1.80. The maximum Gasteiger partial charge on any atom is 0.274 e. The smallest absolute Gasteiger partial charge is 0.274 e. The number of nitrogens with zero attached hydrogens (tertiary/aromatic N) is 4. The molecule has 2 aliphatic rings. The highest BCUT2D eigenvalue weighted by atomic mass is 16.5. The van der Waals surface area contributed by atoms with Gasteiger partial charge in [-0.3, -0.25) is 9.48 Å². The number of rotatable bonds is 1. The Balaban J connectivity index is 1.90. The molecule has 0 saturated carbocycles. The van der Waals surface area contributed by atoms with Gasteiger partial charge in [-0.1, -0.05) is 0 Å². The lowest BCUT2D eigenvalue weighted by molar-refractivity contribution is 0.0786. The molecule has 6 nitrogen and oxygen atoms in total. The van der Waals surface area contributed by atoms with Crippen LogP contribution in [0.4, 0.5) is 0 Å². The molecule has 0 aliphatic carbocycles. The van der Waals surface area contributed by atoms with Crippen molar-refractivity contribution in [3.63, 3.8) is 0 Å². The van der Waals surface area contributed by atoms with Gasteiger partial charge in [-0.15, -0.1) is 0 Å². The third kappa shape index (κ3) is 2.22. The lowest BCUT2D eigenvalue weighted by Gasteiger charge is -2.12. The van der Waals surface area contributed by atoms with Gasteiger partial charge in [0.1, 0.15) is 5.69 Å². The van der Waals surface area contributed by atoms with Crippen molar-refractivity contribution in [1.82, 2.24) is 14.7 Å². The summed E-state index contributed by atoms with van der Waals surface area (Å²) < 4.78 is 7.11. The fourth-order valence-corrected chi connectivity index (χ4v) is 2.60. The standard InChI is InChI=1S/C13H18N4O2/c1-19-12-11-9-10(13(18)16-6-2-3-7-16)15-17(11)8-4-5-14-12/h9H,2-8H2,1H3. The predicted molar refractivity (Wildman–Crippen MR) is 70.4 cm³/mol. The Kier molecular flexibility index (Phi) is 3.23. The number of fused-ring (bicyclic) bond motifs is 1. The van der Waals surface area contributed by atoms with Crippen LogP contribution >= 0.6 is 0 Å². The van der Waals surface area contributed by atoms with Gasteiger partial charge in [-0.2, -0.15) is 5.10 Å². The molecule has 2 aliphatic heterocycles. The van der Waals surface area contributed by atoms with E-state index in [1.54, 1.807) is 13.2 Å². The van der Waals surface area contributed by atoms with Gasteiger partial charge in [0.2, 0.25) is 5.90 Å². The number of aromatic nitrogens is 2. The van der Waals surface area contributed by atoms with Gasteiger partial charge < -0.3 is 9.64 Å². The van der Waals surface area contributed by atoms with Gasteiger partial charge in [0.15, 0.2) is 5.69 Å². The molecule has 1 fully saturated rings. The fraction of sp³-hybridized carbons (Fsp3) is 0.615. The van der Waals surface area contributed by atoms with Crippen molar-refractivity contribution >= 4 is 11.8 Å². The number of carbonyl (C=O) groups excluding carboxylic acids is 1. The van der Waals surface area contributed by atoms with Crippen LogP contribution in [0.1, 0.15) is 35.4 Å². The number of likely N-dealkylation sites (tertiary alicyclic amines) is 1. The van der Waals surface area contributed by atoms with Crippen molar-refractivity contribution in [2.24, 2.45) is 4.99 Å². The number of amides is 1. The zero-order valence-electron chi connectivity index (χ0n) is 11.1. The van der Waals surface area contributed by atoms with Gasteiger partial charge in [-0.25, -0.2) is 4.99 Å². The minimum atomic E-state index is 0.0218. The molecular formula is C13H18N4O2. The molecule has 6 heteroatoms. The summed E-state index contributed by atoms with van der Waals surface area (Å²) in [6.45, 7) is 3.19. The number of methoxy groups -OCH3 is 1. The summed E-state index contributed by atoms with van der Waals surface area (Å²) >= 11 is 0. The summed E-state index contributed by atoms with van der Waals surface area (Å²) in [7, 11) is 1.60. The summed E-state index contributed by atoms with van der Waals surface area (Å²) in [5, 5.41) is 4.42. The van der Waals surface area contributed by atoms with Crippen LogP contribution < -0.4 is 0 Å². The Hall–Kier alpha value is -1.85. The van der Waals surface area contributed by atoms with Gasteiger partial charge in [-0.05, 0) is 19.3 Å². The van der Waals surface area contributed by atoms with E-state index < -0.39 is 0 Å². The van der Waals surface area contributed by atoms with Crippen molar-refractivity contribution in [2.45, 2.75) is 25.8 Å². The average molecular weight is 262 g/mol. The Morgan fingerprint density at radius 3 is 2.79 bits per heavy atom. The van der Waals surface area contributed by atoms with E-state index in [-0.39, 0.29) is 5.91 Å². The molecule has 0 spiro atoms. The molecule has 102 valence electrons. The first kappa shape index (κ1) is 12.2. The number of hydrogen-bond donors (Lipinski definition) is 0. The molecule has 19 heavy (non-hydrogen) atoms. The third-order valence-corrected chi connectivity index (χ3v) is 3.59. The highest BCUT2D eigenvalue weighted by molar-refractivity contribution is 5.98. The van der Waals surface area contributed by atoms with Crippen LogP contribution in [0.2, 0.25) is 0 Å². The predicted octanol–water partition coefficient (Wildman–Crippen LogP) is 0.916. The zero-order valence-corrected chi connectivity index (χ0v) is 11.1. The SMILES string of the molecule is COC1=NCCCn2nc(C(=O)N3CCCC3)cc21. The minimum Gasteiger partial charge on any atom is -0.480 e. The van der Waals surface area contributed by atoms with Crippen molar-refractivity contribution in [1.29, 1.82) is 0 Å². The summed E-state index contributed by atoms with van der Waals surface area (Å²) in [5.74, 6) is 0.596. The van der Waals surface area contributed by atoms with Gasteiger partial charge in [0, 0.05) is 32.2 Å². The molecule has 0 atom stereocenters. The largest absolute Gasteiger partial charge is 0.480 e. The first-order chi connectivity index (χ1) is 9.29. The second kappa shape index (κ2) is 5.03. The van der Waals surface area contributed by atoms with E-state index in [2.05, 4.69) is 10.1 Å². The first-order valence-corrected chi connectivity index (χ1v) is 6.75. The van der Waals surface area contributed by atoms with Crippen LogP contribution in [0.5, 0.6) is 0 Å². The van der Waals surface area contributed by atoms with Crippen LogP contribution in [0, 0.1) is 0 Å². The molecule has 0 bridgehead atoms. The molecule has 1 amide bonds. The number of aliphatic imine (C=N–C) groups is 1. The van der Waals surface area contributed by atoms with Gasteiger partial charge in [0.05, 0.1) is 7.11 Å². The highest BCUT2D eigenvalue weighted by Gasteiger charge is 2.25. The van der Waals surface area contributed by atoms with E-state index in [1.165, 1.54) is 0 Å². The highest BCUT2D eigenvalue weighted by Crippen LogP contribution is 2.16. The maximum atomic E-state index is 12.3. The molecule has 3 rings (SSSR count). The molecule has 0 unspecified atom stereocenters. The van der Waals surface area contributed by atoms with E-state index in [0.717, 1.165) is 51.1 Å². The van der Waals surface area contributed by atoms with Gasteiger partial charge in [0.25, 0.3) is 5.91 Å². The van der Waals surface area contributed by atoms with E-state index >= 15 is 0 Å². The van der Waals surface area contributed by atoms with E-state index in [1.807, 2.05) is 9.58 Å². The van der Waals surface area contributed by atoms with Crippen molar-refractivity contribution in [3.8, 4) is 0 Å². The Morgan fingerprint density at radius 2 is 2.05 bits per heavy atom. The minimum absolute atomic E-state index is 0.0218. The Morgan fingerprint density at radius 1 is 1.26 bits per heavy atom. The Labute approximate surface area is 112 Å².